The molecule has 3 unspecified atom stereocenters. The Morgan fingerprint density at radius 2 is 2.06 bits per heavy atom. The van der Waals surface area contributed by atoms with E-state index in [0.29, 0.717) is 5.92 Å². The zero-order chi connectivity index (χ0) is 11.4. The van der Waals surface area contributed by atoms with E-state index in [4.69, 9.17) is 0 Å². The lowest BCUT2D eigenvalue weighted by atomic mass is 9.86. The minimum Gasteiger partial charge on any atom is -0.355 e. The van der Waals surface area contributed by atoms with E-state index < -0.39 is 0 Å². The molecule has 2 bridgehead atoms. The van der Waals surface area contributed by atoms with Crippen LogP contribution >= 0.6 is 12.4 Å². The average Bonchev–Trinajstić information content (AvgIpc) is 2.86. The molecule has 2 rings (SSSR count). The normalized spacial score (nSPS) is 30.1. The summed E-state index contributed by atoms with van der Waals surface area (Å²) in [5, 5.41) is 6.21. The van der Waals surface area contributed by atoms with E-state index in [0.717, 1.165) is 37.9 Å². The van der Waals surface area contributed by atoms with Gasteiger partial charge in [-0.25, -0.2) is 0 Å². The van der Waals surface area contributed by atoms with Crippen LogP contribution in [-0.4, -0.2) is 25.5 Å². The quantitative estimate of drug-likeness (QED) is 0.717. The lowest BCUT2D eigenvalue weighted by molar-refractivity contribution is -0.122. The molecule has 0 saturated heterocycles. The number of halogens is 1. The molecule has 0 spiro atoms. The van der Waals surface area contributed by atoms with Crippen molar-refractivity contribution in [3.8, 4) is 0 Å². The van der Waals surface area contributed by atoms with E-state index in [1.165, 1.54) is 25.7 Å². The smallest absolute Gasteiger partial charge is 0.220 e. The Labute approximate surface area is 111 Å². The molecule has 0 aromatic rings. The number of rotatable bonds is 6. The van der Waals surface area contributed by atoms with E-state index >= 15 is 0 Å². The molecule has 3 atom stereocenters. The van der Waals surface area contributed by atoms with Crippen LogP contribution < -0.4 is 10.6 Å². The second-order valence-electron chi connectivity index (χ2n) is 5.34. The zero-order valence-corrected chi connectivity index (χ0v) is 11.5. The Balaban J connectivity index is 0.00000144. The molecule has 0 radical (unpaired) electrons. The van der Waals surface area contributed by atoms with Gasteiger partial charge in [-0.3, -0.25) is 4.79 Å². The van der Waals surface area contributed by atoms with Crippen LogP contribution in [0.4, 0.5) is 0 Å². The van der Waals surface area contributed by atoms with Gasteiger partial charge in [0.2, 0.25) is 5.91 Å². The Kier molecular flexibility index (Phi) is 6.28. The fourth-order valence-electron chi connectivity index (χ4n) is 3.40. The summed E-state index contributed by atoms with van der Waals surface area (Å²) >= 11 is 0. The molecular weight excluding hydrogens is 236 g/mol. The molecular formula is C13H25ClN2O. The van der Waals surface area contributed by atoms with Gasteiger partial charge in [-0.15, -0.1) is 12.4 Å². The van der Waals surface area contributed by atoms with Crippen molar-refractivity contribution in [2.75, 3.05) is 19.6 Å². The van der Waals surface area contributed by atoms with Crippen LogP contribution in [0.3, 0.4) is 0 Å². The summed E-state index contributed by atoms with van der Waals surface area (Å²) in [6, 6.07) is 0. The minimum absolute atomic E-state index is 0. The molecule has 2 fully saturated rings. The first-order valence-electron chi connectivity index (χ1n) is 6.77. The maximum absolute atomic E-state index is 11.7. The molecule has 0 aromatic carbocycles. The van der Waals surface area contributed by atoms with Crippen LogP contribution in [-0.2, 0) is 4.79 Å². The van der Waals surface area contributed by atoms with Crippen LogP contribution in [0.1, 0.15) is 39.0 Å². The highest BCUT2D eigenvalue weighted by Gasteiger charge is 2.39. The predicted octanol–water partition coefficient (Wildman–Crippen LogP) is 1.96. The SMILES string of the molecule is CCNCCNC(=O)CC1CC2CCC1C2.Cl. The molecule has 0 aromatic heterocycles. The van der Waals surface area contributed by atoms with Gasteiger partial charge in [0.15, 0.2) is 0 Å². The van der Waals surface area contributed by atoms with Gasteiger partial charge >= 0.3 is 0 Å². The maximum atomic E-state index is 11.7. The third-order valence-corrected chi connectivity index (χ3v) is 4.21. The van der Waals surface area contributed by atoms with E-state index in [9.17, 15) is 4.79 Å². The first kappa shape index (κ1) is 14.8. The highest BCUT2D eigenvalue weighted by Crippen LogP contribution is 2.49. The van der Waals surface area contributed by atoms with Crippen LogP contribution in [0.15, 0.2) is 0 Å². The maximum Gasteiger partial charge on any atom is 0.220 e. The van der Waals surface area contributed by atoms with Crippen molar-refractivity contribution in [2.24, 2.45) is 17.8 Å². The first-order valence-corrected chi connectivity index (χ1v) is 6.77. The van der Waals surface area contributed by atoms with E-state index in [1.54, 1.807) is 0 Å². The molecule has 4 heteroatoms. The highest BCUT2D eigenvalue weighted by molar-refractivity contribution is 5.85. The minimum atomic E-state index is 0. The molecule has 0 aliphatic heterocycles. The summed E-state index contributed by atoms with van der Waals surface area (Å²) in [6.45, 7) is 4.71. The van der Waals surface area contributed by atoms with Gasteiger partial charge in [-0.05, 0) is 43.6 Å². The number of carbonyl (C=O) groups is 1. The monoisotopic (exact) mass is 260 g/mol. The van der Waals surface area contributed by atoms with Gasteiger partial charge in [0, 0.05) is 19.5 Å². The van der Waals surface area contributed by atoms with Crippen molar-refractivity contribution >= 4 is 18.3 Å². The van der Waals surface area contributed by atoms with Gasteiger partial charge in [0.1, 0.15) is 0 Å². The van der Waals surface area contributed by atoms with Crippen molar-refractivity contribution in [3.05, 3.63) is 0 Å². The number of hydrogen-bond acceptors (Lipinski definition) is 2. The van der Waals surface area contributed by atoms with E-state index in [1.807, 2.05) is 0 Å². The summed E-state index contributed by atoms with van der Waals surface area (Å²) in [6.07, 6.45) is 6.27. The summed E-state index contributed by atoms with van der Waals surface area (Å²) in [4.78, 5) is 11.7. The molecule has 17 heavy (non-hydrogen) atoms. The summed E-state index contributed by atoms with van der Waals surface area (Å²) in [7, 11) is 0. The molecule has 2 aliphatic carbocycles. The fraction of sp³-hybridized carbons (Fsp3) is 0.923. The second kappa shape index (κ2) is 7.22. The van der Waals surface area contributed by atoms with Crippen LogP contribution in [0, 0.1) is 17.8 Å². The largest absolute Gasteiger partial charge is 0.355 e. The average molecular weight is 261 g/mol. The molecule has 2 N–H and O–H groups in total. The first-order chi connectivity index (χ1) is 7.79. The number of amides is 1. The molecule has 2 aliphatic rings. The number of nitrogens with one attached hydrogen (secondary N) is 2. The topological polar surface area (TPSA) is 41.1 Å². The Hall–Kier alpha value is -0.280. The van der Waals surface area contributed by atoms with Gasteiger partial charge in [0.05, 0.1) is 0 Å². The van der Waals surface area contributed by atoms with Crippen molar-refractivity contribution in [2.45, 2.75) is 39.0 Å². The Bertz CT molecular complexity index is 248. The predicted molar refractivity (Wildman–Crippen MR) is 72.4 cm³/mol. The Morgan fingerprint density at radius 3 is 2.65 bits per heavy atom. The van der Waals surface area contributed by atoms with Crippen molar-refractivity contribution in [1.82, 2.24) is 10.6 Å². The third kappa shape index (κ3) is 4.14. The van der Waals surface area contributed by atoms with Gasteiger partial charge in [-0.1, -0.05) is 13.3 Å². The molecule has 100 valence electrons. The number of fused-ring (bicyclic) bond motifs is 2. The fourth-order valence-corrected chi connectivity index (χ4v) is 3.40. The van der Waals surface area contributed by atoms with Gasteiger partial charge in [0.25, 0.3) is 0 Å². The van der Waals surface area contributed by atoms with Gasteiger partial charge < -0.3 is 10.6 Å². The molecule has 0 heterocycles. The summed E-state index contributed by atoms with van der Waals surface area (Å²) in [5.41, 5.74) is 0. The summed E-state index contributed by atoms with van der Waals surface area (Å²) < 4.78 is 0. The van der Waals surface area contributed by atoms with Crippen molar-refractivity contribution < 1.29 is 4.79 Å². The second-order valence-corrected chi connectivity index (χ2v) is 5.34. The number of carbonyl (C=O) groups excluding carboxylic acids is 1. The zero-order valence-electron chi connectivity index (χ0n) is 10.7. The van der Waals surface area contributed by atoms with Gasteiger partial charge in [-0.2, -0.15) is 0 Å². The third-order valence-electron chi connectivity index (χ3n) is 4.21. The number of hydrogen-bond donors (Lipinski definition) is 2. The number of likely N-dealkylation sites (N-methyl/N-ethyl adjacent to an activating group) is 1. The van der Waals surface area contributed by atoms with Crippen molar-refractivity contribution in [1.29, 1.82) is 0 Å². The Morgan fingerprint density at radius 1 is 1.24 bits per heavy atom. The lowest BCUT2D eigenvalue weighted by Crippen LogP contribution is -2.33. The van der Waals surface area contributed by atoms with Crippen LogP contribution in [0.5, 0.6) is 0 Å². The standard InChI is InChI=1S/C13H24N2O.ClH/c1-2-14-5-6-15-13(16)9-12-8-10-3-4-11(12)7-10;/h10-12,14H,2-9H2,1H3,(H,15,16);1H. The highest BCUT2D eigenvalue weighted by atomic mass is 35.5. The van der Waals surface area contributed by atoms with Crippen LogP contribution in [0.25, 0.3) is 0 Å². The molecule has 2 saturated carbocycles. The lowest BCUT2D eigenvalue weighted by Gasteiger charge is -2.20. The van der Waals surface area contributed by atoms with Crippen LogP contribution in [0.2, 0.25) is 0 Å². The van der Waals surface area contributed by atoms with Crippen molar-refractivity contribution in [3.63, 3.8) is 0 Å². The molecule has 1 amide bonds. The van der Waals surface area contributed by atoms with E-state index in [2.05, 4.69) is 17.6 Å². The van der Waals surface area contributed by atoms with E-state index in [-0.39, 0.29) is 18.3 Å². The molecule has 3 nitrogen and oxygen atoms in total. The summed E-state index contributed by atoms with van der Waals surface area (Å²) in [5.74, 6) is 2.77.